The highest BCUT2D eigenvalue weighted by molar-refractivity contribution is 9.09. The number of alkyl halides is 4. The van der Waals surface area contributed by atoms with Crippen molar-refractivity contribution < 1.29 is 13.2 Å². The van der Waals surface area contributed by atoms with Crippen molar-refractivity contribution in [2.24, 2.45) is 0 Å². The van der Waals surface area contributed by atoms with E-state index >= 15 is 0 Å². The lowest BCUT2D eigenvalue weighted by Crippen LogP contribution is -2.05. The van der Waals surface area contributed by atoms with Gasteiger partial charge in [-0.1, -0.05) is 57.9 Å². The molecular weight excluding hydrogens is 329 g/mol. The summed E-state index contributed by atoms with van der Waals surface area (Å²) in [6.45, 7) is 2.02. The number of benzene rings is 2. The van der Waals surface area contributed by atoms with Crippen LogP contribution in [0, 0.1) is 6.92 Å². The number of aryl methyl sites for hydroxylation is 1. The fourth-order valence-corrected chi connectivity index (χ4v) is 2.61. The Balaban J connectivity index is 2.08. The van der Waals surface area contributed by atoms with Crippen LogP contribution >= 0.6 is 15.9 Å². The zero-order chi connectivity index (χ0) is 14.8. The highest BCUT2D eigenvalue weighted by Gasteiger charge is 2.29. The fourth-order valence-electron chi connectivity index (χ4n) is 1.93. The quantitative estimate of drug-likeness (QED) is 0.628. The van der Waals surface area contributed by atoms with Crippen molar-refractivity contribution in [1.82, 2.24) is 0 Å². The first-order valence-corrected chi connectivity index (χ1v) is 7.14. The largest absolute Gasteiger partial charge is 0.416 e. The first-order valence-electron chi connectivity index (χ1n) is 6.23. The zero-order valence-electron chi connectivity index (χ0n) is 10.9. The fraction of sp³-hybridized carbons (Fsp3) is 0.250. The van der Waals surface area contributed by atoms with Gasteiger partial charge in [0.05, 0.1) is 5.56 Å². The average Bonchev–Trinajstić information content (AvgIpc) is 2.39. The van der Waals surface area contributed by atoms with Crippen LogP contribution in [0.4, 0.5) is 13.2 Å². The Morgan fingerprint density at radius 2 is 1.50 bits per heavy atom. The molecule has 0 radical (unpaired) electrons. The van der Waals surface area contributed by atoms with E-state index in [0.29, 0.717) is 6.42 Å². The van der Waals surface area contributed by atoms with Crippen LogP contribution in [-0.2, 0) is 12.6 Å². The van der Waals surface area contributed by atoms with Gasteiger partial charge >= 0.3 is 6.18 Å². The lowest BCUT2D eigenvalue weighted by molar-refractivity contribution is -0.137. The molecule has 1 atom stereocenters. The van der Waals surface area contributed by atoms with Crippen LogP contribution in [0.25, 0.3) is 0 Å². The molecule has 2 rings (SSSR count). The molecule has 0 bridgehead atoms. The number of rotatable bonds is 3. The minimum atomic E-state index is -4.27. The molecule has 0 saturated carbocycles. The molecule has 2 aromatic carbocycles. The molecule has 0 aliphatic rings. The zero-order valence-corrected chi connectivity index (χ0v) is 12.5. The lowest BCUT2D eigenvalue weighted by atomic mass is 10.0. The first-order chi connectivity index (χ1) is 9.36. The summed E-state index contributed by atoms with van der Waals surface area (Å²) in [5.41, 5.74) is 2.57. The van der Waals surface area contributed by atoms with E-state index < -0.39 is 11.7 Å². The molecule has 1 unspecified atom stereocenters. The van der Waals surface area contributed by atoms with Crippen molar-refractivity contribution in [3.05, 3.63) is 70.8 Å². The predicted octanol–water partition coefficient (Wildman–Crippen LogP) is 5.69. The maximum Gasteiger partial charge on any atom is 0.416 e. The minimum absolute atomic E-state index is 0.0971. The van der Waals surface area contributed by atoms with Crippen molar-refractivity contribution in [3.63, 3.8) is 0 Å². The second-order valence-corrected chi connectivity index (χ2v) is 5.88. The van der Waals surface area contributed by atoms with Crippen LogP contribution in [0.5, 0.6) is 0 Å². The highest BCUT2D eigenvalue weighted by Crippen LogP contribution is 2.31. The molecule has 0 heterocycles. The molecule has 0 aromatic heterocycles. The Morgan fingerprint density at radius 3 is 2.00 bits per heavy atom. The van der Waals surface area contributed by atoms with Gasteiger partial charge in [-0.3, -0.25) is 0 Å². The molecule has 0 fully saturated rings. The SMILES string of the molecule is Cc1ccc(C(Br)Cc2ccc(C(F)(F)F)cc2)cc1. The molecule has 0 aliphatic carbocycles. The molecule has 2 aromatic rings. The van der Waals surface area contributed by atoms with Crippen LogP contribution in [0.2, 0.25) is 0 Å². The third-order valence-corrected chi connectivity index (χ3v) is 3.99. The minimum Gasteiger partial charge on any atom is -0.166 e. The summed E-state index contributed by atoms with van der Waals surface area (Å²) < 4.78 is 37.4. The molecule has 4 heteroatoms. The van der Waals surface area contributed by atoms with Gasteiger partial charge in [-0.05, 0) is 36.6 Å². The molecule has 0 N–H and O–H groups in total. The summed E-state index contributed by atoms with van der Waals surface area (Å²) >= 11 is 3.58. The Labute approximate surface area is 124 Å². The first kappa shape index (κ1) is 15.1. The van der Waals surface area contributed by atoms with E-state index in [1.807, 2.05) is 31.2 Å². The Bertz CT molecular complexity index is 556. The van der Waals surface area contributed by atoms with Crippen LogP contribution < -0.4 is 0 Å². The van der Waals surface area contributed by atoms with E-state index in [4.69, 9.17) is 0 Å². The van der Waals surface area contributed by atoms with E-state index in [0.717, 1.165) is 23.3 Å². The summed E-state index contributed by atoms with van der Waals surface area (Å²) in [5, 5.41) is 0. The lowest BCUT2D eigenvalue weighted by Gasteiger charge is -2.12. The second kappa shape index (κ2) is 6.00. The van der Waals surface area contributed by atoms with Crippen molar-refractivity contribution >= 4 is 15.9 Å². The summed E-state index contributed by atoms with van der Waals surface area (Å²) in [6, 6.07) is 13.4. The molecule has 0 saturated heterocycles. The maximum atomic E-state index is 12.5. The van der Waals surface area contributed by atoms with Crippen molar-refractivity contribution in [3.8, 4) is 0 Å². The molecule has 0 amide bonds. The second-order valence-electron chi connectivity index (χ2n) is 4.78. The van der Waals surface area contributed by atoms with Crippen LogP contribution in [0.3, 0.4) is 0 Å². The third-order valence-electron chi connectivity index (χ3n) is 3.14. The smallest absolute Gasteiger partial charge is 0.166 e. The number of hydrogen-bond donors (Lipinski definition) is 0. The molecule has 20 heavy (non-hydrogen) atoms. The van der Waals surface area contributed by atoms with Gasteiger partial charge in [0.15, 0.2) is 0 Å². The van der Waals surface area contributed by atoms with Crippen LogP contribution in [0.1, 0.15) is 27.1 Å². The average molecular weight is 343 g/mol. The van der Waals surface area contributed by atoms with Gasteiger partial charge in [-0.15, -0.1) is 0 Å². The van der Waals surface area contributed by atoms with Gasteiger partial charge in [0.2, 0.25) is 0 Å². The standard InChI is InChI=1S/C16H14BrF3/c1-11-2-6-13(7-3-11)15(17)10-12-4-8-14(9-5-12)16(18,19)20/h2-9,15H,10H2,1H3. The van der Waals surface area contributed by atoms with Gasteiger partial charge in [0, 0.05) is 4.83 Å². The molecular formula is C16H14BrF3. The Kier molecular flexibility index (Phi) is 4.53. The topological polar surface area (TPSA) is 0 Å². The number of hydrogen-bond acceptors (Lipinski definition) is 0. The summed E-state index contributed by atoms with van der Waals surface area (Å²) in [6.07, 6.45) is -3.62. The highest BCUT2D eigenvalue weighted by atomic mass is 79.9. The van der Waals surface area contributed by atoms with Crippen LogP contribution in [-0.4, -0.2) is 0 Å². The van der Waals surface area contributed by atoms with Gasteiger partial charge < -0.3 is 0 Å². The van der Waals surface area contributed by atoms with Crippen LogP contribution in [0.15, 0.2) is 48.5 Å². The predicted molar refractivity (Wildman–Crippen MR) is 78.0 cm³/mol. The summed E-state index contributed by atoms with van der Waals surface area (Å²) in [5.74, 6) is 0. The molecule has 106 valence electrons. The van der Waals surface area contributed by atoms with E-state index in [-0.39, 0.29) is 4.83 Å². The van der Waals surface area contributed by atoms with E-state index in [2.05, 4.69) is 15.9 Å². The molecule has 0 nitrogen and oxygen atoms in total. The van der Waals surface area contributed by atoms with E-state index in [1.165, 1.54) is 17.7 Å². The van der Waals surface area contributed by atoms with E-state index in [9.17, 15) is 13.2 Å². The van der Waals surface area contributed by atoms with Gasteiger partial charge in [-0.25, -0.2) is 0 Å². The van der Waals surface area contributed by atoms with Crippen molar-refractivity contribution in [2.45, 2.75) is 24.3 Å². The maximum absolute atomic E-state index is 12.5. The van der Waals surface area contributed by atoms with Gasteiger partial charge in [-0.2, -0.15) is 13.2 Å². The third kappa shape index (κ3) is 3.85. The monoisotopic (exact) mass is 342 g/mol. The Hall–Kier alpha value is -1.29. The molecule has 0 spiro atoms. The summed E-state index contributed by atoms with van der Waals surface area (Å²) in [4.78, 5) is 0.0971. The van der Waals surface area contributed by atoms with Gasteiger partial charge in [0.1, 0.15) is 0 Å². The van der Waals surface area contributed by atoms with Crippen molar-refractivity contribution in [1.29, 1.82) is 0 Å². The normalized spacial score (nSPS) is 13.2. The van der Waals surface area contributed by atoms with Crippen molar-refractivity contribution in [2.75, 3.05) is 0 Å². The molecule has 0 aliphatic heterocycles. The van der Waals surface area contributed by atoms with E-state index in [1.54, 1.807) is 0 Å². The number of halogens is 4. The summed E-state index contributed by atoms with van der Waals surface area (Å²) in [7, 11) is 0. The van der Waals surface area contributed by atoms with Gasteiger partial charge in [0.25, 0.3) is 0 Å². The Morgan fingerprint density at radius 1 is 0.950 bits per heavy atom.